The predicted octanol–water partition coefficient (Wildman–Crippen LogP) is 1.70. The molecule has 0 aliphatic heterocycles. The van der Waals surface area contributed by atoms with E-state index in [1.165, 1.54) is 18.3 Å². The summed E-state index contributed by atoms with van der Waals surface area (Å²) in [5.41, 5.74) is 0.849. The van der Waals surface area contributed by atoms with E-state index < -0.39 is 0 Å². The molecule has 0 fully saturated rings. The van der Waals surface area contributed by atoms with E-state index in [2.05, 4.69) is 22.9 Å². The number of hydrogen-bond donors (Lipinski definition) is 2. The fourth-order valence-electron chi connectivity index (χ4n) is 0.592. The lowest BCUT2D eigenvalue weighted by Crippen LogP contribution is -2.04. The molecule has 1 amide bonds. The molecule has 1 N–H and O–H groups in total. The van der Waals surface area contributed by atoms with Crippen LogP contribution in [-0.4, -0.2) is 10.9 Å². The third kappa shape index (κ3) is 2.20. The van der Waals surface area contributed by atoms with Crippen LogP contribution in [0.25, 0.3) is 0 Å². The number of amides is 1. The summed E-state index contributed by atoms with van der Waals surface area (Å²) in [5.74, 6) is -0.105. The lowest BCUT2D eigenvalue weighted by atomic mass is 10.6. The van der Waals surface area contributed by atoms with Crippen molar-refractivity contribution in [2.75, 3.05) is 5.32 Å². The van der Waals surface area contributed by atoms with Gasteiger partial charge < -0.3 is 5.32 Å². The molecule has 60 valence electrons. The van der Waals surface area contributed by atoms with Crippen molar-refractivity contribution < 1.29 is 4.79 Å². The molecule has 0 radical (unpaired) electrons. The predicted molar refractivity (Wildman–Crippen MR) is 48.4 cm³/mol. The summed E-state index contributed by atoms with van der Waals surface area (Å²) in [5, 5.41) is 3.20. The van der Waals surface area contributed by atoms with Gasteiger partial charge in [-0.05, 0) is 6.92 Å². The van der Waals surface area contributed by atoms with Crippen molar-refractivity contribution in [3.05, 3.63) is 5.69 Å². The number of nitrogens with one attached hydrogen (secondary N) is 1. The maximum absolute atomic E-state index is 10.6. The first-order valence-corrected chi connectivity index (χ1v) is 4.30. The molecule has 1 rings (SSSR count). The number of thiol groups is 1. The molecule has 0 saturated carbocycles. The number of carbonyl (C=O) groups excluding carboxylic acids is 1. The normalized spacial score (nSPS) is 9.73. The highest BCUT2D eigenvalue weighted by atomic mass is 32.2. The van der Waals surface area contributed by atoms with E-state index in [0.717, 1.165) is 9.90 Å². The molecule has 0 atom stereocenters. The maximum Gasteiger partial charge on any atom is 0.223 e. The molecule has 0 saturated heterocycles. The molecular formula is C6H8N2OS2. The van der Waals surface area contributed by atoms with Crippen LogP contribution >= 0.6 is 24.0 Å². The molecule has 1 aromatic rings. The Bertz CT molecular complexity index is 263. The van der Waals surface area contributed by atoms with Gasteiger partial charge in [0, 0.05) is 6.92 Å². The Labute approximate surface area is 74.3 Å². The van der Waals surface area contributed by atoms with Crippen LogP contribution in [0.1, 0.15) is 12.6 Å². The largest absolute Gasteiger partial charge is 0.302 e. The molecule has 0 spiro atoms. The first kappa shape index (κ1) is 8.55. The first-order valence-electron chi connectivity index (χ1n) is 3.03. The first-order chi connectivity index (χ1) is 5.09. The zero-order chi connectivity index (χ0) is 8.43. The lowest BCUT2D eigenvalue weighted by Gasteiger charge is -1.91. The van der Waals surface area contributed by atoms with Gasteiger partial charge in [-0.3, -0.25) is 4.79 Å². The van der Waals surface area contributed by atoms with E-state index in [4.69, 9.17) is 0 Å². The molecule has 3 nitrogen and oxygen atoms in total. The van der Waals surface area contributed by atoms with Crippen LogP contribution in [0.15, 0.2) is 4.21 Å². The zero-order valence-corrected chi connectivity index (χ0v) is 7.92. The smallest absolute Gasteiger partial charge is 0.223 e. The number of aryl methyl sites for hydroxylation is 1. The summed E-state index contributed by atoms with van der Waals surface area (Å²) in [4.78, 5) is 14.6. The van der Waals surface area contributed by atoms with Gasteiger partial charge in [-0.25, -0.2) is 4.98 Å². The number of thiazole rings is 1. The van der Waals surface area contributed by atoms with Crippen LogP contribution in [0.4, 0.5) is 5.13 Å². The summed E-state index contributed by atoms with van der Waals surface area (Å²) >= 11 is 5.51. The molecule has 0 bridgehead atoms. The highest BCUT2D eigenvalue weighted by Gasteiger charge is 2.03. The topological polar surface area (TPSA) is 42.0 Å². The van der Waals surface area contributed by atoms with Crippen LogP contribution in [-0.2, 0) is 4.79 Å². The summed E-state index contributed by atoms with van der Waals surface area (Å²) in [6.45, 7) is 3.30. The van der Waals surface area contributed by atoms with Crippen molar-refractivity contribution in [3.8, 4) is 0 Å². The molecular weight excluding hydrogens is 180 g/mol. The van der Waals surface area contributed by atoms with Gasteiger partial charge in [0.15, 0.2) is 5.13 Å². The van der Waals surface area contributed by atoms with Crippen molar-refractivity contribution in [3.63, 3.8) is 0 Å². The quantitative estimate of drug-likeness (QED) is 0.659. The molecule has 5 heteroatoms. The summed E-state index contributed by atoms with van der Waals surface area (Å²) in [6, 6.07) is 0. The summed E-state index contributed by atoms with van der Waals surface area (Å²) in [7, 11) is 0. The Morgan fingerprint density at radius 2 is 2.36 bits per heavy atom. The maximum atomic E-state index is 10.6. The average Bonchev–Trinajstić information content (AvgIpc) is 2.10. The number of nitrogens with zero attached hydrogens (tertiary/aromatic N) is 1. The second-order valence-electron chi connectivity index (χ2n) is 2.09. The van der Waals surface area contributed by atoms with Gasteiger partial charge in [0.2, 0.25) is 5.91 Å². The monoisotopic (exact) mass is 188 g/mol. The van der Waals surface area contributed by atoms with E-state index >= 15 is 0 Å². The number of anilines is 1. The van der Waals surface area contributed by atoms with Gasteiger partial charge in [0.1, 0.15) is 0 Å². The minimum Gasteiger partial charge on any atom is -0.302 e. The number of rotatable bonds is 1. The third-order valence-electron chi connectivity index (χ3n) is 1.06. The summed E-state index contributed by atoms with van der Waals surface area (Å²) in [6.07, 6.45) is 0. The van der Waals surface area contributed by atoms with Crippen LogP contribution in [0.5, 0.6) is 0 Å². The Hall–Kier alpha value is -0.550. The van der Waals surface area contributed by atoms with Crippen molar-refractivity contribution >= 4 is 35.0 Å². The number of carbonyl (C=O) groups is 1. The van der Waals surface area contributed by atoms with Crippen molar-refractivity contribution in [2.45, 2.75) is 18.1 Å². The van der Waals surface area contributed by atoms with Crippen molar-refractivity contribution in [1.29, 1.82) is 0 Å². The van der Waals surface area contributed by atoms with Crippen molar-refractivity contribution in [2.24, 2.45) is 0 Å². The van der Waals surface area contributed by atoms with Crippen LogP contribution < -0.4 is 5.32 Å². The van der Waals surface area contributed by atoms with E-state index in [9.17, 15) is 4.79 Å². The van der Waals surface area contributed by atoms with E-state index in [1.54, 1.807) is 0 Å². The Balaban J connectivity index is 2.81. The van der Waals surface area contributed by atoms with Crippen LogP contribution in [0.2, 0.25) is 0 Å². The standard InChI is InChI=1S/C6H8N2OS2/c1-3-5(10)11-6(7-3)8-4(2)9/h10H,1-2H3,(H,7,8,9). The van der Waals surface area contributed by atoms with Gasteiger partial charge in [0.05, 0.1) is 9.90 Å². The fraction of sp³-hybridized carbons (Fsp3) is 0.333. The Morgan fingerprint density at radius 3 is 2.73 bits per heavy atom. The number of hydrogen-bond acceptors (Lipinski definition) is 4. The second-order valence-corrected chi connectivity index (χ2v) is 3.84. The van der Waals surface area contributed by atoms with Crippen molar-refractivity contribution in [1.82, 2.24) is 4.98 Å². The molecule has 0 aliphatic rings. The van der Waals surface area contributed by atoms with Gasteiger partial charge >= 0.3 is 0 Å². The molecule has 1 heterocycles. The van der Waals surface area contributed by atoms with Crippen LogP contribution in [0, 0.1) is 6.92 Å². The van der Waals surface area contributed by atoms with E-state index in [1.807, 2.05) is 6.92 Å². The second kappa shape index (κ2) is 3.23. The molecule has 0 unspecified atom stereocenters. The highest BCUT2D eigenvalue weighted by Crippen LogP contribution is 2.25. The highest BCUT2D eigenvalue weighted by molar-refractivity contribution is 7.83. The third-order valence-corrected chi connectivity index (χ3v) is 2.53. The lowest BCUT2D eigenvalue weighted by molar-refractivity contribution is -0.114. The Kier molecular flexibility index (Phi) is 2.51. The molecule has 1 aromatic heterocycles. The minimum absolute atomic E-state index is 0.105. The number of aromatic nitrogens is 1. The summed E-state index contributed by atoms with van der Waals surface area (Å²) < 4.78 is 0.841. The van der Waals surface area contributed by atoms with Gasteiger partial charge in [-0.2, -0.15) is 0 Å². The van der Waals surface area contributed by atoms with E-state index in [0.29, 0.717) is 5.13 Å². The molecule has 0 aromatic carbocycles. The SMILES string of the molecule is CC(=O)Nc1nc(C)c(S)s1. The zero-order valence-electron chi connectivity index (χ0n) is 6.21. The minimum atomic E-state index is -0.105. The fourth-order valence-corrected chi connectivity index (χ4v) is 1.66. The van der Waals surface area contributed by atoms with Gasteiger partial charge in [-0.1, -0.05) is 11.3 Å². The average molecular weight is 188 g/mol. The Morgan fingerprint density at radius 1 is 1.73 bits per heavy atom. The van der Waals surface area contributed by atoms with Gasteiger partial charge in [0.25, 0.3) is 0 Å². The molecule has 0 aliphatic carbocycles. The van der Waals surface area contributed by atoms with E-state index in [-0.39, 0.29) is 5.91 Å². The molecule has 11 heavy (non-hydrogen) atoms. The van der Waals surface area contributed by atoms with Crippen LogP contribution in [0.3, 0.4) is 0 Å². The van der Waals surface area contributed by atoms with Gasteiger partial charge in [-0.15, -0.1) is 12.6 Å².